The van der Waals surface area contributed by atoms with E-state index in [2.05, 4.69) is 15.2 Å². The van der Waals surface area contributed by atoms with Crippen LogP contribution in [0.15, 0.2) is 30.5 Å². The second kappa shape index (κ2) is 7.27. The molecular weight excluding hydrogens is 311 g/mol. The summed E-state index contributed by atoms with van der Waals surface area (Å²) in [5.41, 5.74) is 0.992. The average Bonchev–Trinajstić information content (AvgIpc) is 2.99. The molecule has 1 aromatic carbocycles. The Kier molecular flexibility index (Phi) is 5.13. The highest BCUT2D eigenvalue weighted by Gasteiger charge is 2.20. The van der Waals surface area contributed by atoms with Gasteiger partial charge in [-0.3, -0.25) is 4.90 Å². The molecule has 0 amide bonds. The van der Waals surface area contributed by atoms with Gasteiger partial charge >= 0.3 is 0 Å². The van der Waals surface area contributed by atoms with Crippen LogP contribution in [0.5, 0.6) is 0 Å². The number of likely N-dealkylation sites (tertiary alicyclic amines) is 1. The highest BCUT2D eigenvalue weighted by Crippen LogP contribution is 2.24. The van der Waals surface area contributed by atoms with Crippen molar-refractivity contribution in [3.63, 3.8) is 0 Å². The molecule has 1 aliphatic heterocycles. The second-order valence-electron chi connectivity index (χ2n) is 6.23. The molecule has 0 saturated carbocycles. The van der Waals surface area contributed by atoms with Gasteiger partial charge in [0.25, 0.3) is 0 Å². The summed E-state index contributed by atoms with van der Waals surface area (Å²) >= 11 is 1.75. The van der Waals surface area contributed by atoms with Crippen molar-refractivity contribution >= 4 is 22.2 Å². The topological polar surface area (TPSA) is 31.4 Å². The molecule has 2 aromatic rings. The number of rotatable bonds is 5. The molecule has 1 N–H and O–H groups in total. The van der Waals surface area contributed by atoms with Crippen LogP contribution in [-0.2, 0) is 6.54 Å². The lowest BCUT2D eigenvalue weighted by Gasteiger charge is -2.33. The lowest BCUT2D eigenvalue weighted by Crippen LogP contribution is -2.41. The SMILES string of the molecule is CN(C)c1ncc(CN2CCCC(Nc3ccc(F)cc3)C2)s1. The maximum absolute atomic E-state index is 13.0. The normalized spacial score (nSPS) is 18.8. The number of benzene rings is 1. The van der Waals surface area contributed by atoms with Crippen LogP contribution in [0, 0.1) is 5.82 Å². The Morgan fingerprint density at radius 1 is 1.35 bits per heavy atom. The zero-order valence-corrected chi connectivity index (χ0v) is 14.4. The van der Waals surface area contributed by atoms with Crippen LogP contribution in [0.2, 0.25) is 0 Å². The number of hydrogen-bond acceptors (Lipinski definition) is 5. The molecule has 0 spiro atoms. The maximum atomic E-state index is 13.0. The fourth-order valence-corrected chi connectivity index (χ4v) is 3.77. The first-order chi connectivity index (χ1) is 11.1. The van der Waals surface area contributed by atoms with Crippen molar-refractivity contribution < 1.29 is 4.39 Å². The van der Waals surface area contributed by atoms with Crippen LogP contribution in [0.4, 0.5) is 15.2 Å². The largest absolute Gasteiger partial charge is 0.381 e. The Morgan fingerprint density at radius 3 is 2.83 bits per heavy atom. The summed E-state index contributed by atoms with van der Waals surface area (Å²) in [5, 5.41) is 4.57. The van der Waals surface area contributed by atoms with Crippen molar-refractivity contribution in [1.29, 1.82) is 0 Å². The summed E-state index contributed by atoms with van der Waals surface area (Å²) in [4.78, 5) is 10.3. The summed E-state index contributed by atoms with van der Waals surface area (Å²) in [6.45, 7) is 3.08. The van der Waals surface area contributed by atoms with E-state index in [-0.39, 0.29) is 5.82 Å². The van der Waals surface area contributed by atoms with Gasteiger partial charge in [0.05, 0.1) is 0 Å². The quantitative estimate of drug-likeness (QED) is 0.908. The van der Waals surface area contributed by atoms with Crippen LogP contribution in [0.1, 0.15) is 17.7 Å². The smallest absolute Gasteiger partial charge is 0.185 e. The summed E-state index contributed by atoms with van der Waals surface area (Å²) in [5.74, 6) is -0.192. The van der Waals surface area contributed by atoms with Gasteiger partial charge in [0, 0.05) is 50.0 Å². The van der Waals surface area contributed by atoms with Gasteiger partial charge in [-0.25, -0.2) is 9.37 Å². The summed E-state index contributed by atoms with van der Waals surface area (Å²) in [6.07, 6.45) is 4.31. The molecule has 1 unspecified atom stereocenters. The van der Waals surface area contributed by atoms with E-state index in [1.165, 1.54) is 23.4 Å². The van der Waals surface area contributed by atoms with Gasteiger partial charge in [0.1, 0.15) is 5.82 Å². The van der Waals surface area contributed by atoms with E-state index in [1.54, 1.807) is 23.5 Å². The van der Waals surface area contributed by atoms with Crippen molar-refractivity contribution in [3.8, 4) is 0 Å². The van der Waals surface area contributed by atoms with Gasteiger partial charge in [0.2, 0.25) is 0 Å². The third-order valence-corrected chi connectivity index (χ3v) is 5.17. The molecule has 1 aromatic heterocycles. The Hall–Kier alpha value is -1.66. The predicted octanol–water partition coefficient (Wildman–Crippen LogP) is 3.42. The zero-order chi connectivity index (χ0) is 16.2. The standard InChI is InChI=1S/C17H23FN4S/c1-21(2)17-19-10-16(23-17)12-22-9-3-4-15(11-22)20-14-7-5-13(18)6-8-14/h5-8,10,15,20H,3-4,9,11-12H2,1-2H3. The Labute approximate surface area is 140 Å². The van der Waals surface area contributed by atoms with Gasteiger partial charge in [-0.1, -0.05) is 0 Å². The second-order valence-corrected chi connectivity index (χ2v) is 7.32. The minimum atomic E-state index is -0.192. The third-order valence-electron chi connectivity index (χ3n) is 4.02. The van der Waals surface area contributed by atoms with E-state index in [1.807, 2.05) is 25.2 Å². The zero-order valence-electron chi connectivity index (χ0n) is 13.6. The number of nitrogens with zero attached hydrogens (tertiary/aromatic N) is 3. The molecule has 6 heteroatoms. The van der Waals surface area contributed by atoms with E-state index in [0.717, 1.165) is 36.9 Å². The number of hydrogen-bond donors (Lipinski definition) is 1. The number of piperidine rings is 1. The van der Waals surface area contributed by atoms with Gasteiger partial charge in [0.15, 0.2) is 5.13 Å². The molecule has 2 heterocycles. The van der Waals surface area contributed by atoms with Crippen LogP contribution >= 0.6 is 11.3 Å². The Morgan fingerprint density at radius 2 is 2.13 bits per heavy atom. The molecule has 1 saturated heterocycles. The van der Waals surface area contributed by atoms with Gasteiger partial charge < -0.3 is 10.2 Å². The number of anilines is 2. The molecule has 0 bridgehead atoms. The van der Waals surface area contributed by atoms with Crippen molar-refractivity contribution in [1.82, 2.24) is 9.88 Å². The summed E-state index contributed by atoms with van der Waals surface area (Å²) in [7, 11) is 4.04. The number of aromatic nitrogens is 1. The third kappa shape index (κ3) is 4.42. The highest BCUT2D eigenvalue weighted by molar-refractivity contribution is 7.15. The number of nitrogens with one attached hydrogen (secondary N) is 1. The highest BCUT2D eigenvalue weighted by atomic mass is 32.1. The molecular formula is C17H23FN4S. The molecule has 1 aliphatic rings. The Balaban J connectivity index is 1.56. The van der Waals surface area contributed by atoms with E-state index >= 15 is 0 Å². The van der Waals surface area contributed by atoms with Crippen LogP contribution in [0.3, 0.4) is 0 Å². The van der Waals surface area contributed by atoms with Gasteiger partial charge in [-0.05, 0) is 43.7 Å². The Bertz CT molecular complexity index is 626. The first kappa shape index (κ1) is 16.2. The summed E-state index contributed by atoms with van der Waals surface area (Å²) < 4.78 is 13.0. The minimum Gasteiger partial charge on any atom is -0.381 e. The number of halogens is 1. The molecule has 0 radical (unpaired) electrons. The molecule has 4 nitrogen and oxygen atoms in total. The number of thiazole rings is 1. The fourth-order valence-electron chi connectivity index (χ4n) is 2.90. The van der Waals surface area contributed by atoms with Gasteiger partial charge in [-0.2, -0.15) is 0 Å². The van der Waals surface area contributed by atoms with Crippen molar-refractivity contribution in [3.05, 3.63) is 41.2 Å². The molecule has 124 valence electrons. The van der Waals surface area contributed by atoms with Crippen LogP contribution in [0.25, 0.3) is 0 Å². The van der Waals surface area contributed by atoms with Crippen molar-refractivity contribution in [2.24, 2.45) is 0 Å². The van der Waals surface area contributed by atoms with E-state index in [9.17, 15) is 4.39 Å². The molecule has 1 atom stereocenters. The summed E-state index contributed by atoms with van der Waals surface area (Å²) in [6, 6.07) is 7.03. The first-order valence-electron chi connectivity index (χ1n) is 7.96. The van der Waals surface area contributed by atoms with Gasteiger partial charge in [-0.15, -0.1) is 11.3 Å². The van der Waals surface area contributed by atoms with Crippen LogP contribution < -0.4 is 10.2 Å². The average molecular weight is 334 g/mol. The van der Waals surface area contributed by atoms with Crippen molar-refractivity contribution in [2.45, 2.75) is 25.4 Å². The lowest BCUT2D eigenvalue weighted by molar-refractivity contribution is 0.210. The monoisotopic (exact) mass is 334 g/mol. The fraction of sp³-hybridized carbons (Fsp3) is 0.471. The lowest BCUT2D eigenvalue weighted by atomic mass is 10.1. The van der Waals surface area contributed by atoms with E-state index in [4.69, 9.17) is 0 Å². The van der Waals surface area contributed by atoms with Crippen molar-refractivity contribution in [2.75, 3.05) is 37.4 Å². The first-order valence-corrected chi connectivity index (χ1v) is 8.78. The van der Waals surface area contributed by atoms with E-state index < -0.39 is 0 Å². The van der Waals surface area contributed by atoms with E-state index in [0.29, 0.717) is 6.04 Å². The maximum Gasteiger partial charge on any atom is 0.185 e. The molecule has 3 rings (SSSR count). The molecule has 0 aliphatic carbocycles. The molecule has 23 heavy (non-hydrogen) atoms. The van der Waals surface area contributed by atoms with Crippen LogP contribution in [-0.4, -0.2) is 43.1 Å². The molecule has 1 fully saturated rings. The predicted molar refractivity (Wildman–Crippen MR) is 94.8 cm³/mol. The minimum absolute atomic E-state index is 0.192.